The van der Waals surface area contributed by atoms with E-state index in [1.807, 2.05) is 0 Å². The van der Waals surface area contributed by atoms with Crippen LogP contribution in [0.25, 0.3) is 11.6 Å². The van der Waals surface area contributed by atoms with E-state index in [4.69, 9.17) is 4.52 Å². The molecule has 10 heteroatoms. The first-order valence-electron chi connectivity index (χ1n) is 6.79. The average molecular weight is 315 g/mol. The van der Waals surface area contributed by atoms with Gasteiger partial charge in [0.15, 0.2) is 11.5 Å². The van der Waals surface area contributed by atoms with Gasteiger partial charge in [-0.15, -0.1) is 5.10 Å². The summed E-state index contributed by atoms with van der Waals surface area (Å²) in [5, 5.41) is 14.3. The smallest absolute Gasteiger partial charge is 0.280 e. The maximum atomic E-state index is 11.9. The highest BCUT2D eigenvalue weighted by Gasteiger charge is 2.11. The zero-order valence-corrected chi connectivity index (χ0v) is 12.2. The highest BCUT2D eigenvalue weighted by atomic mass is 16.5. The van der Waals surface area contributed by atoms with E-state index in [-0.39, 0.29) is 11.5 Å². The van der Waals surface area contributed by atoms with Crippen molar-refractivity contribution in [2.75, 3.05) is 6.54 Å². The van der Waals surface area contributed by atoms with Crippen molar-refractivity contribution in [3.8, 4) is 11.6 Å². The Bertz CT molecular complexity index is 859. The van der Waals surface area contributed by atoms with Gasteiger partial charge in [0, 0.05) is 18.8 Å². The number of pyridine rings is 1. The standard InChI is InChI=1S/C13H13N7O3/c1-8-16-13(23-18-8)10-7-20(19-17-10)5-4-14-12(22)9-2-3-11(21)15-6-9/h2-3,6-7H,4-5H2,1H3,(H,14,22)(H,15,21). The van der Waals surface area contributed by atoms with Gasteiger partial charge in [0.1, 0.15) is 0 Å². The molecule has 3 rings (SSSR count). The Labute approximate surface area is 129 Å². The quantitative estimate of drug-likeness (QED) is 0.663. The molecule has 1 amide bonds. The molecule has 0 aliphatic heterocycles. The molecule has 23 heavy (non-hydrogen) atoms. The number of amides is 1. The number of aromatic nitrogens is 6. The average Bonchev–Trinajstić information content (AvgIpc) is 3.17. The first-order valence-corrected chi connectivity index (χ1v) is 6.79. The predicted molar refractivity (Wildman–Crippen MR) is 77.4 cm³/mol. The Morgan fingerprint density at radius 1 is 1.43 bits per heavy atom. The second-order valence-electron chi connectivity index (χ2n) is 4.71. The summed E-state index contributed by atoms with van der Waals surface area (Å²) < 4.78 is 6.56. The van der Waals surface area contributed by atoms with Crippen LogP contribution >= 0.6 is 0 Å². The van der Waals surface area contributed by atoms with Crippen LogP contribution in [-0.2, 0) is 6.54 Å². The molecule has 0 atom stereocenters. The highest BCUT2D eigenvalue weighted by molar-refractivity contribution is 5.93. The van der Waals surface area contributed by atoms with Gasteiger partial charge in [-0.25, -0.2) is 4.68 Å². The van der Waals surface area contributed by atoms with Crippen molar-refractivity contribution in [2.24, 2.45) is 0 Å². The summed E-state index contributed by atoms with van der Waals surface area (Å²) in [6.45, 7) is 2.49. The van der Waals surface area contributed by atoms with E-state index < -0.39 is 0 Å². The van der Waals surface area contributed by atoms with E-state index in [1.165, 1.54) is 18.3 Å². The van der Waals surface area contributed by atoms with Crippen molar-refractivity contribution >= 4 is 5.91 Å². The number of hydrogen-bond acceptors (Lipinski definition) is 7. The largest absolute Gasteiger partial charge is 0.350 e. The molecule has 3 heterocycles. The van der Waals surface area contributed by atoms with Gasteiger partial charge in [-0.2, -0.15) is 4.98 Å². The summed E-state index contributed by atoms with van der Waals surface area (Å²) >= 11 is 0. The second kappa shape index (κ2) is 6.22. The molecule has 2 N–H and O–H groups in total. The maximum absolute atomic E-state index is 11.9. The third kappa shape index (κ3) is 3.48. The number of aryl methyl sites for hydroxylation is 1. The summed E-state index contributed by atoms with van der Waals surface area (Å²) in [6, 6.07) is 2.75. The molecule has 0 saturated heterocycles. The van der Waals surface area contributed by atoms with E-state index >= 15 is 0 Å². The molecule has 0 saturated carbocycles. The normalized spacial score (nSPS) is 10.7. The lowest BCUT2D eigenvalue weighted by molar-refractivity contribution is 0.0951. The first-order chi connectivity index (χ1) is 11.1. The monoisotopic (exact) mass is 315 g/mol. The number of nitrogens with one attached hydrogen (secondary N) is 2. The minimum atomic E-state index is -0.283. The second-order valence-corrected chi connectivity index (χ2v) is 4.71. The van der Waals surface area contributed by atoms with Gasteiger partial charge in [-0.1, -0.05) is 10.4 Å². The van der Waals surface area contributed by atoms with E-state index in [2.05, 4.69) is 30.8 Å². The SMILES string of the molecule is Cc1noc(-c2cn(CCNC(=O)c3ccc(=O)[nH]c3)nn2)n1. The Hall–Kier alpha value is -3.30. The predicted octanol–water partition coefficient (Wildman–Crippen LogP) is -0.245. The lowest BCUT2D eigenvalue weighted by atomic mass is 10.3. The summed E-state index contributed by atoms with van der Waals surface area (Å²) in [5.74, 6) is 0.530. The maximum Gasteiger partial charge on any atom is 0.280 e. The molecule has 0 aliphatic carbocycles. The van der Waals surface area contributed by atoms with Crippen LogP contribution in [0.4, 0.5) is 0 Å². The first kappa shape index (κ1) is 14.6. The van der Waals surface area contributed by atoms with Gasteiger partial charge < -0.3 is 14.8 Å². The molecule has 0 aliphatic rings. The molecule has 0 bridgehead atoms. The van der Waals surface area contributed by atoms with Gasteiger partial charge in [-0.3, -0.25) is 9.59 Å². The minimum Gasteiger partial charge on any atom is -0.350 e. The fraction of sp³-hybridized carbons (Fsp3) is 0.231. The fourth-order valence-electron chi connectivity index (χ4n) is 1.84. The minimum absolute atomic E-state index is 0.257. The van der Waals surface area contributed by atoms with Crippen LogP contribution in [-0.4, -0.2) is 42.6 Å². The molecule has 0 radical (unpaired) electrons. The van der Waals surface area contributed by atoms with Gasteiger partial charge in [-0.05, 0) is 13.0 Å². The summed E-state index contributed by atoms with van der Waals surface area (Å²) in [4.78, 5) is 29.3. The summed E-state index contributed by atoms with van der Waals surface area (Å²) in [6.07, 6.45) is 3.02. The van der Waals surface area contributed by atoms with Crippen LogP contribution in [0.15, 0.2) is 33.8 Å². The summed E-state index contributed by atoms with van der Waals surface area (Å²) in [7, 11) is 0. The van der Waals surface area contributed by atoms with Crippen molar-refractivity contribution < 1.29 is 9.32 Å². The highest BCUT2D eigenvalue weighted by Crippen LogP contribution is 2.12. The lowest BCUT2D eigenvalue weighted by Gasteiger charge is -2.04. The van der Waals surface area contributed by atoms with Gasteiger partial charge in [0.05, 0.1) is 18.3 Å². The number of aromatic amines is 1. The molecular formula is C13H13N7O3. The molecule has 10 nitrogen and oxygen atoms in total. The van der Waals surface area contributed by atoms with Crippen LogP contribution in [0, 0.1) is 6.92 Å². The zero-order chi connectivity index (χ0) is 16.2. The zero-order valence-electron chi connectivity index (χ0n) is 12.2. The number of nitrogens with zero attached hydrogens (tertiary/aromatic N) is 5. The van der Waals surface area contributed by atoms with E-state index in [0.29, 0.717) is 36.1 Å². The Morgan fingerprint density at radius 3 is 3.00 bits per heavy atom. The van der Waals surface area contributed by atoms with Crippen LogP contribution in [0.2, 0.25) is 0 Å². The molecular weight excluding hydrogens is 302 g/mol. The Kier molecular flexibility index (Phi) is 3.95. The third-order valence-electron chi connectivity index (χ3n) is 2.96. The van der Waals surface area contributed by atoms with Crippen LogP contribution in [0.5, 0.6) is 0 Å². The molecule has 3 aromatic heterocycles. The lowest BCUT2D eigenvalue weighted by Crippen LogP contribution is -2.27. The Morgan fingerprint density at radius 2 is 2.30 bits per heavy atom. The number of hydrogen-bond donors (Lipinski definition) is 2. The Balaban J connectivity index is 1.55. The van der Waals surface area contributed by atoms with Gasteiger partial charge in [0.2, 0.25) is 5.56 Å². The van der Waals surface area contributed by atoms with E-state index in [0.717, 1.165) is 0 Å². The van der Waals surface area contributed by atoms with Gasteiger partial charge >= 0.3 is 0 Å². The number of carbonyl (C=O) groups excluding carboxylic acids is 1. The van der Waals surface area contributed by atoms with Gasteiger partial charge in [0.25, 0.3) is 11.8 Å². The fourth-order valence-corrected chi connectivity index (χ4v) is 1.84. The third-order valence-corrected chi connectivity index (χ3v) is 2.96. The molecule has 0 unspecified atom stereocenters. The van der Waals surface area contributed by atoms with Crippen molar-refractivity contribution in [1.29, 1.82) is 0 Å². The topological polar surface area (TPSA) is 132 Å². The van der Waals surface area contributed by atoms with Crippen molar-refractivity contribution in [2.45, 2.75) is 13.5 Å². The van der Waals surface area contributed by atoms with Crippen molar-refractivity contribution in [3.05, 3.63) is 46.3 Å². The summed E-state index contributed by atoms with van der Waals surface area (Å²) in [5.41, 5.74) is 0.593. The van der Waals surface area contributed by atoms with Crippen molar-refractivity contribution in [3.63, 3.8) is 0 Å². The van der Waals surface area contributed by atoms with E-state index in [9.17, 15) is 9.59 Å². The van der Waals surface area contributed by atoms with Crippen molar-refractivity contribution in [1.82, 2.24) is 35.4 Å². The van der Waals surface area contributed by atoms with Crippen LogP contribution in [0.3, 0.4) is 0 Å². The molecule has 118 valence electrons. The number of rotatable bonds is 5. The van der Waals surface area contributed by atoms with Crippen LogP contribution < -0.4 is 10.9 Å². The molecule has 0 fully saturated rings. The number of H-pyrrole nitrogens is 1. The molecule has 0 spiro atoms. The van der Waals surface area contributed by atoms with Crippen LogP contribution in [0.1, 0.15) is 16.2 Å². The number of carbonyl (C=O) groups is 1. The van der Waals surface area contributed by atoms with E-state index in [1.54, 1.807) is 17.8 Å². The molecule has 0 aromatic carbocycles. The molecule has 3 aromatic rings.